The van der Waals surface area contributed by atoms with Gasteiger partial charge >= 0.3 is 0 Å². The number of anilines is 1. The molecule has 0 amide bonds. The van der Waals surface area contributed by atoms with Crippen LogP contribution in [0.15, 0.2) is 42.5 Å². The molecule has 1 unspecified atom stereocenters. The molecule has 0 saturated carbocycles. The molecule has 0 saturated heterocycles. The molecular formula is C15H15FN2O. The van der Waals surface area contributed by atoms with Crippen LogP contribution in [-0.4, -0.2) is 11.7 Å². The molecule has 3 N–H and O–H groups in total. The lowest BCUT2D eigenvalue weighted by Gasteiger charge is -2.26. The number of nitrogens with zero attached hydrogens (tertiary/aromatic N) is 1. The van der Waals surface area contributed by atoms with Crippen molar-refractivity contribution in [1.82, 2.24) is 0 Å². The van der Waals surface area contributed by atoms with Gasteiger partial charge in [-0.25, -0.2) is 4.39 Å². The predicted octanol–water partition coefficient (Wildman–Crippen LogP) is 2.55. The normalized spacial score (nSPS) is 17.6. The molecule has 0 radical (unpaired) electrons. The molecular weight excluding hydrogens is 243 g/mol. The van der Waals surface area contributed by atoms with E-state index in [0.717, 1.165) is 16.8 Å². The van der Waals surface area contributed by atoms with Gasteiger partial charge in [-0.15, -0.1) is 0 Å². The number of nitrogens with two attached hydrogens (primary N) is 1. The molecule has 0 spiro atoms. The third kappa shape index (κ3) is 2.04. The standard InChI is InChI=1S/C15H15FN2O/c16-11-2-1-10-9-18(15(8-17)14(10)7-11)12-3-5-13(19)6-4-12/h1-7,15,19H,8-9,17H2. The Balaban J connectivity index is 1.99. The van der Waals surface area contributed by atoms with Gasteiger partial charge < -0.3 is 15.7 Å². The maximum Gasteiger partial charge on any atom is 0.123 e. The zero-order valence-corrected chi connectivity index (χ0v) is 10.4. The van der Waals surface area contributed by atoms with Crippen molar-refractivity contribution >= 4 is 5.69 Å². The lowest BCUT2D eigenvalue weighted by atomic mass is 10.0. The Morgan fingerprint density at radius 1 is 1.21 bits per heavy atom. The Bertz CT molecular complexity index is 598. The second-order valence-corrected chi connectivity index (χ2v) is 4.74. The van der Waals surface area contributed by atoms with Gasteiger partial charge in [0.05, 0.1) is 6.04 Å². The largest absolute Gasteiger partial charge is 0.508 e. The summed E-state index contributed by atoms with van der Waals surface area (Å²) in [6.45, 7) is 1.14. The average Bonchev–Trinajstić information content (AvgIpc) is 2.77. The molecule has 2 aromatic carbocycles. The summed E-state index contributed by atoms with van der Waals surface area (Å²) >= 11 is 0. The monoisotopic (exact) mass is 258 g/mol. The highest BCUT2D eigenvalue weighted by atomic mass is 19.1. The van der Waals surface area contributed by atoms with Crippen LogP contribution in [0.1, 0.15) is 17.2 Å². The highest BCUT2D eigenvalue weighted by molar-refractivity contribution is 5.56. The number of rotatable bonds is 2. The van der Waals surface area contributed by atoms with Crippen molar-refractivity contribution in [1.29, 1.82) is 0 Å². The average molecular weight is 258 g/mol. The zero-order chi connectivity index (χ0) is 13.4. The lowest BCUT2D eigenvalue weighted by Crippen LogP contribution is -2.27. The molecule has 1 aliphatic heterocycles. The molecule has 0 bridgehead atoms. The van der Waals surface area contributed by atoms with Crippen molar-refractivity contribution in [3.63, 3.8) is 0 Å². The van der Waals surface area contributed by atoms with Crippen LogP contribution in [0.3, 0.4) is 0 Å². The topological polar surface area (TPSA) is 49.5 Å². The Kier molecular flexibility index (Phi) is 2.87. The van der Waals surface area contributed by atoms with Crippen LogP contribution in [0, 0.1) is 5.82 Å². The molecule has 0 aromatic heterocycles. The summed E-state index contributed by atoms with van der Waals surface area (Å²) in [5.41, 5.74) is 8.88. The Morgan fingerprint density at radius 2 is 1.95 bits per heavy atom. The smallest absolute Gasteiger partial charge is 0.123 e. The number of halogens is 1. The first kappa shape index (κ1) is 12.0. The zero-order valence-electron chi connectivity index (χ0n) is 10.4. The number of phenols is 1. The maximum absolute atomic E-state index is 13.4. The molecule has 98 valence electrons. The van der Waals surface area contributed by atoms with E-state index in [9.17, 15) is 9.50 Å². The van der Waals surface area contributed by atoms with E-state index in [1.54, 1.807) is 18.2 Å². The highest BCUT2D eigenvalue weighted by Gasteiger charge is 2.29. The van der Waals surface area contributed by atoms with Gasteiger partial charge in [-0.05, 0) is 47.5 Å². The molecule has 3 nitrogen and oxygen atoms in total. The second-order valence-electron chi connectivity index (χ2n) is 4.74. The van der Waals surface area contributed by atoms with Crippen LogP contribution >= 0.6 is 0 Å². The molecule has 0 fully saturated rings. The Morgan fingerprint density at radius 3 is 2.63 bits per heavy atom. The van der Waals surface area contributed by atoms with Gasteiger partial charge in [0.1, 0.15) is 11.6 Å². The fraction of sp³-hybridized carbons (Fsp3) is 0.200. The van der Waals surface area contributed by atoms with Crippen molar-refractivity contribution < 1.29 is 9.50 Å². The SMILES string of the molecule is NCC1c2cc(F)ccc2CN1c1ccc(O)cc1. The quantitative estimate of drug-likeness (QED) is 0.870. The number of hydrogen-bond acceptors (Lipinski definition) is 3. The van der Waals surface area contributed by atoms with Crippen LogP contribution in [0.2, 0.25) is 0 Å². The van der Waals surface area contributed by atoms with Crippen molar-refractivity contribution in [3.8, 4) is 5.75 Å². The van der Waals surface area contributed by atoms with Gasteiger partial charge in [0, 0.05) is 18.8 Å². The predicted molar refractivity (Wildman–Crippen MR) is 72.5 cm³/mol. The third-order valence-corrected chi connectivity index (χ3v) is 3.59. The van der Waals surface area contributed by atoms with Gasteiger partial charge in [0.25, 0.3) is 0 Å². The number of hydrogen-bond donors (Lipinski definition) is 2. The summed E-state index contributed by atoms with van der Waals surface area (Å²) < 4.78 is 13.4. The number of phenolic OH excluding ortho intramolecular Hbond substituents is 1. The number of benzene rings is 2. The van der Waals surface area contributed by atoms with Crippen molar-refractivity contribution in [2.45, 2.75) is 12.6 Å². The summed E-state index contributed by atoms with van der Waals surface area (Å²) in [6, 6.07) is 11.8. The summed E-state index contributed by atoms with van der Waals surface area (Å²) in [4.78, 5) is 2.13. The first-order valence-electron chi connectivity index (χ1n) is 6.23. The van der Waals surface area contributed by atoms with E-state index in [-0.39, 0.29) is 17.6 Å². The first-order valence-corrected chi connectivity index (χ1v) is 6.23. The first-order chi connectivity index (χ1) is 9.19. The maximum atomic E-state index is 13.4. The minimum absolute atomic E-state index is 0.0183. The van der Waals surface area contributed by atoms with E-state index in [4.69, 9.17) is 5.73 Å². The van der Waals surface area contributed by atoms with E-state index in [0.29, 0.717) is 13.1 Å². The van der Waals surface area contributed by atoms with Crippen LogP contribution < -0.4 is 10.6 Å². The minimum atomic E-state index is -0.232. The van der Waals surface area contributed by atoms with Gasteiger partial charge in [-0.1, -0.05) is 6.07 Å². The number of aromatic hydroxyl groups is 1. The summed E-state index contributed by atoms with van der Waals surface area (Å²) in [7, 11) is 0. The van der Waals surface area contributed by atoms with Crippen molar-refractivity contribution in [2.24, 2.45) is 5.73 Å². The molecule has 3 rings (SSSR count). The van der Waals surface area contributed by atoms with Gasteiger partial charge in [0.2, 0.25) is 0 Å². The summed E-state index contributed by atoms with van der Waals surface area (Å²) in [5, 5.41) is 9.34. The highest BCUT2D eigenvalue weighted by Crippen LogP contribution is 2.37. The molecule has 1 atom stereocenters. The second kappa shape index (κ2) is 4.55. The lowest BCUT2D eigenvalue weighted by molar-refractivity contribution is 0.475. The van der Waals surface area contributed by atoms with Crippen molar-refractivity contribution in [3.05, 3.63) is 59.4 Å². The minimum Gasteiger partial charge on any atom is -0.508 e. The van der Waals surface area contributed by atoms with E-state index in [1.165, 1.54) is 6.07 Å². The molecule has 1 aliphatic rings. The molecule has 1 heterocycles. The van der Waals surface area contributed by atoms with Gasteiger partial charge in [-0.3, -0.25) is 0 Å². The third-order valence-electron chi connectivity index (χ3n) is 3.59. The fourth-order valence-electron chi connectivity index (χ4n) is 2.65. The van der Waals surface area contributed by atoms with E-state index in [1.807, 2.05) is 18.2 Å². The molecule has 0 aliphatic carbocycles. The van der Waals surface area contributed by atoms with Crippen LogP contribution in [-0.2, 0) is 6.54 Å². The Hall–Kier alpha value is -2.07. The number of fused-ring (bicyclic) bond motifs is 1. The van der Waals surface area contributed by atoms with Gasteiger partial charge in [0.15, 0.2) is 0 Å². The molecule has 2 aromatic rings. The van der Waals surface area contributed by atoms with Crippen molar-refractivity contribution in [2.75, 3.05) is 11.4 Å². The van der Waals surface area contributed by atoms with E-state index < -0.39 is 0 Å². The van der Waals surface area contributed by atoms with E-state index >= 15 is 0 Å². The van der Waals surface area contributed by atoms with Gasteiger partial charge in [-0.2, -0.15) is 0 Å². The summed E-state index contributed by atoms with van der Waals surface area (Å²) in [6.07, 6.45) is 0. The summed E-state index contributed by atoms with van der Waals surface area (Å²) in [5.74, 6) is 0.000519. The molecule has 4 heteroatoms. The fourth-order valence-corrected chi connectivity index (χ4v) is 2.65. The Labute approximate surface area is 111 Å². The van der Waals surface area contributed by atoms with Crippen LogP contribution in [0.5, 0.6) is 5.75 Å². The van der Waals surface area contributed by atoms with Crippen LogP contribution in [0.25, 0.3) is 0 Å². The van der Waals surface area contributed by atoms with E-state index in [2.05, 4.69) is 4.90 Å². The molecule has 19 heavy (non-hydrogen) atoms. The van der Waals surface area contributed by atoms with Crippen LogP contribution in [0.4, 0.5) is 10.1 Å².